The molecular weight excluding hydrogens is 238 g/mol. The van der Waals surface area contributed by atoms with Crippen LogP contribution in [-0.2, 0) is 0 Å². The summed E-state index contributed by atoms with van der Waals surface area (Å²) >= 11 is 1.25. The maximum atomic E-state index is 11.4. The van der Waals surface area contributed by atoms with E-state index in [0.29, 0.717) is 11.6 Å². The van der Waals surface area contributed by atoms with Gasteiger partial charge in [-0.25, -0.2) is 0 Å². The molecule has 1 aliphatic rings. The van der Waals surface area contributed by atoms with E-state index in [9.17, 15) is 4.79 Å². The molecule has 94 valence electrons. The number of hydrogen-bond acceptors (Lipinski definition) is 6. The molecule has 1 saturated heterocycles. The van der Waals surface area contributed by atoms with Crippen LogP contribution in [0, 0.1) is 0 Å². The Hall–Kier alpha value is -1.34. The van der Waals surface area contributed by atoms with Crippen LogP contribution in [0.2, 0.25) is 0 Å². The molecule has 2 heterocycles. The van der Waals surface area contributed by atoms with Gasteiger partial charge in [0.05, 0.1) is 0 Å². The van der Waals surface area contributed by atoms with Crippen LogP contribution in [0.15, 0.2) is 0 Å². The van der Waals surface area contributed by atoms with Crippen molar-refractivity contribution in [1.82, 2.24) is 9.27 Å². The highest BCUT2D eigenvalue weighted by Crippen LogP contribution is 2.32. The Morgan fingerprint density at radius 1 is 1.53 bits per heavy atom. The van der Waals surface area contributed by atoms with Crippen LogP contribution in [0.4, 0.5) is 10.8 Å². The third-order valence-electron chi connectivity index (χ3n) is 3.04. The largest absolute Gasteiger partial charge is 0.382 e. The third-order valence-corrected chi connectivity index (χ3v) is 3.94. The quantitative estimate of drug-likeness (QED) is 0.774. The number of rotatable bonds is 2. The van der Waals surface area contributed by atoms with Crippen LogP contribution in [0.5, 0.6) is 0 Å². The molecule has 1 amide bonds. The first-order valence-electron chi connectivity index (χ1n) is 5.51. The van der Waals surface area contributed by atoms with E-state index in [1.165, 1.54) is 11.5 Å². The molecule has 0 radical (unpaired) electrons. The maximum Gasteiger partial charge on any atom is 0.255 e. The van der Waals surface area contributed by atoms with Gasteiger partial charge in [-0.2, -0.15) is 4.37 Å². The van der Waals surface area contributed by atoms with Crippen LogP contribution >= 0.6 is 11.5 Å². The van der Waals surface area contributed by atoms with E-state index in [1.54, 1.807) is 0 Å². The molecule has 17 heavy (non-hydrogen) atoms. The molecule has 1 unspecified atom stereocenters. The maximum absolute atomic E-state index is 11.4. The fourth-order valence-electron chi connectivity index (χ4n) is 2.16. The molecule has 1 atom stereocenters. The fourth-order valence-corrected chi connectivity index (χ4v) is 3.11. The summed E-state index contributed by atoms with van der Waals surface area (Å²) in [6.07, 6.45) is 0. The average molecular weight is 255 g/mol. The Balaban J connectivity index is 2.31. The summed E-state index contributed by atoms with van der Waals surface area (Å²) in [6.45, 7) is 4.90. The lowest BCUT2D eigenvalue weighted by atomic mass is 10.2. The normalized spacial score (nSPS) is 21.8. The molecule has 4 N–H and O–H groups in total. The van der Waals surface area contributed by atoms with Crippen LogP contribution in [-0.4, -0.2) is 47.9 Å². The van der Waals surface area contributed by atoms with Crippen molar-refractivity contribution in [2.45, 2.75) is 13.0 Å². The van der Waals surface area contributed by atoms with Crippen LogP contribution in [0.3, 0.4) is 0 Å². The number of primary amides is 1. The van der Waals surface area contributed by atoms with Gasteiger partial charge in [-0.3, -0.25) is 4.79 Å². The number of nitrogens with two attached hydrogens (primary N) is 2. The van der Waals surface area contributed by atoms with Crippen molar-refractivity contribution in [2.24, 2.45) is 5.73 Å². The van der Waals surface area contributed by atoms with Gasteiger partial charge in [0.15, 0.2) is 5.82 Å². The minimum Gasteiger partial charge on any atom is -0.382 e. The Labute approximate surface area is 104 Å². The van der Waals surface area contributed by atoms with Crippen molar-refractivity contribution in [2.75, 3.05) is 37.3 Å². The first-order chi connectivity index (χ1) is 8.00. The van der Waals surface area contributed by atoms with Crippen molar-refractivity contribution >= 4 is 28.3 Å². The highest BCUT2D eigenvalue weighted by Gasteiger charge is 2.28. The lowest BCUT2D eigenvalue weighted by Crippen LogP contribution is -2.50. The molecule has 0 bridgehead atoms. The average Bonchev–Trinajstić information content (AvgIpc) is 2.60. The number of aromatic nitrogens is 1. The highest BCUT2D eigenvalue weighted by atomic mass is 32.1. The second-order valence-corrected chi connectivity index (χ2v) is 5.17. The second kappa shape index (κ2) is 4.50. The van der Waals surface area contributed by atoms with E-state index in [4.69, 9.17) is 11.5 Å². The van der Waals surface area contributed by atoms with Gasteiger partial charge in [0.1, 0.15) is 10.6 Å². The van der Waals surface area contributed by atoms with E-state index >= 15 is 0 Å². The van der Waals surface area contributed by atoms with Crippen LogP contribution in [0.1, 0.15) is 17.3 Å². The number of anilines is 2. The smallest absolute Gasteiger partial charge is 0.255 e. The molecule has 1 aromatic heterocycles. The Kier molecular flexibility index (Phi) is 3.21. The minimum absolute atomic E-state index is 0.239. The van der Waals surface area contributed by atoms with E-state index < -0.39 is 5.91 Å². The minimum atomic E-state index is -0.502. The summed E-state index contributed by atoms with van der Waals surface area (Å²) in [6, 6.07) is 0.326. The van der Waals surface area contributed by atoms with Gasteiger partial charge in [-0.05, 0) is 25.5 Å². The van der Waals surface area contributed by atoms with Gasteiger partial charge in [0.25, 0.3) is 5.91 Å². The molecule has 1 aromatic rings. The van der Waals surface area contributed by atoms with Gasteiger partial charge in [0, 0.05) is 25.7 Å². The standard InChI is InChI=1S/C10H17N5OS/c1-6-5-14(2)3-4-15(6)10-7(9(12)16)8(11)13-17-10/h6H,3-5H2,1-2H3,(H2,11,13)(H2,12,16). The van der Waals surface area contributed by atoms with Gasteiger partial charge < -0.3 is 21.3 Å². The lowest BCUT2D eigenvalue weighted by molar-refractivity contribution is 0.100. The van der Waals surface area contributed by atoms with E-state index in [0.717, 1.165) is 24.6 Å². The molecule has 0 saturated carbocycles. The molecule has 6 nitrogen and oxygen atoms in total. The van der Waals surface area contributed by atoms with Crippen molar-refractivity contribution < 1.29 is 4.79 Å². The van der Waals surface area contributed by atoms with E-state index in [1.807, 2.05) is 0 Å². The first-order valence-corrected chi connectivity index (χ1v) is 6.28. The van der Waals surface area contributed by atoms with Crippen molar-refractivity contribution in [3.05, 3.63) is 5.56 Å². The molecule has 1 aliphatic heterocycles. The third kappa shape index (κ3) is 2.20. The van der Waals surface area contributed by atoms with E-state index in [-0.39, 0.29) is 5.82 Å². The zero-order chi connectivity index (χ0) is 12.6. The number of nitrogen functional groups attached to an aromatic ring is 1. The number of carbonyl (C=O) groups excluding carboxylic acids is 1. The zero-order valence-electron chi connectivity index (χ0n) is 10.0. The van der Waals surface area contributed by atoms with Gasteiger partial charge in [-0.1, -0.05) is 0 Å². The van der Waals surface area contributed by atoms with Crippen molar-refractivity contribution in [1.29, 1.82) is 0 Å². The lowest BCUT2D eigenvalue weighted by Gasteiger charge is -2.38. The van der Waals surface area contributed by atoms with E-state index in [2.05, 4.69) is 28.1 Å². The molecular formula is C10H17N5OS. The summed E-state index contributed by atoms with van der Waals surface area (Å²) in [7, 11) is 2.09. The number of carbonyl (C=O) groups is 1. The predicted octanol–water partition coefficient (Wildman–Crippen LogP) is -0.0355. The Morgan fingerprint density at radius 2 is 2.24 bits per heavy atom. The number of piperazine rings is 1. The molecule has 1 fully saturated rings. The summed E-state index contributed by atoms with van der Waals surface area (Å²) in [5.41, 5.74) is 11.4. The molecule has 0 spiro atoms. The summed E-state index contributed by atoms with van der Waals surface area (Å²) < 4.78 is 4.03. The van der Waals surface area contributed by atoms with Crippen molar-refractivity contribution in [3.63, 3.8) is 0 Å². The Morgan fingerprint density at radius 3 is 2.82 bits per heavy atom. The molecule has 2 rings (SSSR count). The summed E-state index contributed by atoms with van der Waals surface area (Å²) in [4.78, 5) is 15.8. The summed E-state index contributed by atoms with van der Waals surface area (Å²) in [5, 5.41) is 0.801. The zero-order valence-corrected chi connectivity index (χ0v) is 10.8. The topological polar surface area (TPSA) is 88.5 Å². The highest BCUT2D eigenvalue weighted by molar-refractivity contribution is 7.11. The summed E-state index contributed by atoms with van der Waals surface area (Å²) in [5.74, 6) is -0.263. The fraction of sp³-hybridized carbons (Fsp3) is 0.600. The number of likely N-dealkylation sites (N-methyl/N-ethyl adjacent to an activating group) is 1. The SMILES string of the molecule is CC1CN(C)CCN1c1snc(N)c1C(N)=O. The Bertz CT molecular complexity index is 432. The second-order valence-electron chi connectivity index (χ2n) is 4.42. The number of amides is 1. The molecule has 7 heteroatoms. The van der Waals surface area contributed by atoms with Crippen LogP contribution in [0.25, 0.3) is 0 Å². The number of hydrogen-bond donors (Lipinski definition) is 2. The van der Waals surface area contributed by atoms with Gasteiger partial charge in [-0.15, -0.1) is 0 Å². The molecule has 0 aliphatic carbocycles. The first kappa shape index (κ1) is 12.1. The monoisotopic (exact) mass is 255 g/mol. The van der Waals surface area contributed by atoms with Crippen molar-refractivity contribution in [3.8, 4) is 0 Å². The van der Waals surface area contributed by atoms with Gasteiger partial charge >= 0.3 is 0 Å². The van der Waals surface area contributed by atoms with Crippen LogP contribution < -0.4 is 16.4 Å². The van der Waals surface area contributed by atoms with Gasteiger partial charge in [0.2, 0.25) is 0 Å². The predicted molar refractivity (Wildman–Crippen MR) is 69.3 cm³/mol. The molecule has 0 aromatic carbocycles. The number of nitrogens with zero attached hydrogens (tertiary/aromatic N) is 3.